The molecule has 3 unspecified atom stereocenters. The molecule has 1 fully saturated rings. The summed E-state index contributed by atoms with van der Waals surface area (Å²) in [7, 11) is 0. The number of ether oxygens (including phenoxy) is 1. The number of aliphatic hydroxyl groups excluding tert-OH is 1. The Labute approximate surface area is 93.4 Å². The third-order valence-corrected chi connectivity index (χ3v) is 3.46. The molecule has 0 aromatic rings. The average Bonchev–Trinajstić information content (AvgIpc) is 2.22. The summed E-state index contributed by atoms with van der Waals surface area (Å²) in [6, 6.07) is 0.593. The maximum atomic E-state index is 9.77. The molecular formula is C12H25NO2. The first-order chi connectivity index (χ1) is 7.15. The molecule has 15 heavy (non-hydrogen) atoms. The van der Waals surface area contributed by atoms with E-state index >= 15 is 0 Å². The van der Waals surface area contributed by atoms with Gasteiger partial charge >= 0.3 is 0 Å². The average molecular weight is 215 g/mol. The number of piperidine rings is 1. The zero-order valence-electron chi connectivity index (χ0n) is 10.3. The quantitative estimate of drug-likeness (QED) is 0.754. The van der Waals surface area contributed by atoms with Crippen molar-refractivity contribution >= 4 is 0 Å². The zero-order chi connectivity index (χ0) is 11.3. The van der Waals surface area contributed by atoms with Gasteiger partial charge in [-0.3, -0.25) is 4.90 Å². The zero-order valence-corrected chi connectivity index (χ0v) is 10.3. The van der Waals surface area contributed by atoms with E-state index in [-0.39, 0.29) is 6.10 Å². The first-order valence-corrected chi connectivity index (χ1v) is 6.15. The third-order valence-electron chi connectivity index (χ3n) is 3.46. The molecule has 1 rings (SSSR count). The van der Waals surface area contributed by atoms with Crippen LogP contribution in [-0.4, -0.2) is 48.5 Å². The van der Waals surface area contributed by atoms with Gasteiger partial charge in [0.05, 0.1) is 12.7 Å². The van der Waals surface area contributed by atoms with E-state index in [9.17, 15) is 5.11 Å². The highest BCUT2D eigenvalue weighted by atomic mass is 16.5. The fourth-order valence-corrected chi connectivity index (χ4v) is 2.26. The van der Waals surface area contributed by atoms with Gasteiger partial charge in [-0.1, -0.05) is 6.92 Å². The maximum absolute atomic E-state index is 9.77. The number of β-amino-alcohol motifs (C(OH)–C–C–N with tert-alkyl or cyclic N) is 1. The molecule has 90 valence electrons. The van der Waals surface area contributed by atoms with Crippen LogP contribution in [0.25, 0.3) is 0 Å². The Morgan fingerprint density at radius 2 is 2.20 bits per heavy atom. The smallest absolute Gasteiger partial charge is 0.0900 e. The molecule has 1 aliphatic rings. The van der Waals surface area contributed by atoms with E-state index in [4.69, 9.17) is 4.74 Å². The fraction of sp³-hybridized carbons (Fsp3) is 1.00. The summed E-state index contributed by atoms with van der Waals surface area (Å²) in [5.41, 5.74) is 0. The predicted octanol–water partition coefficient (Wildman–Crippen LogP) is 1.50. The van der Waals surface area contributed by atoms with E-state index in [2.05, 4.69) is 18.7 Å². The van der Waals surface area contributed by atoms with Crippen LogP contribution in [0.3, 0.4) is 0 Å². The van der Waals surface area contributed by atoms with Crippen LogP contribution >= 0.6 is 0 Å². The van der Waals surface area contributed by atoms with E-state index < -0.39 is 0 Å². The highest BCUT2D eigenvalue weighted by Crippen LogP contribution is 2.22. The lowest BCUT2D eigenvalue weighted by molar-refractivity contribution is -0.000218. The van der Waals surface area contributed by atoms with Gasteiger partial charge in [0.15, 0.2) is 0 Å². The molecule has 1 heterocycles. The Kier molecular flexibility index (Phi) is 5.58. The summed E-state index contributed by atoms with van der Waals surface area (Å²) < 4.78 is 5.22. The molecule has 0 saturated carbocycles. The van der Waals surface area contributed by atoms with Crippen molar-refractivity contribution in [2.75, 3.05) is 26.3 Å². The lowest BCUT2D eigenvalue weighted by Gasteiger charge is -2.38. The summed E-state index contributed by atoms with van der Waals surface area (Å²) in [6.45, 7) is 9.54. The lowest BCUT2D eigenvalue weighted by atomic mass is 9.92. The van der Waals surface area contributed by atoms with Gasteiger partial charge in [-0.25, -0.2) is 0 Å². The van der Waals surface area contributed by atoms with Crippen LogP contribution in [0.2, 0.25) is 0 Å². The van der Waals surface area contributed by atoms with E-state index in [1.807, 2.05) is 6.92 Å². The number of nitrogens with zero attached hydrogens (tertiary/aromatic N) is 1. The van der Waals surface area contributed by atoms with Crippen LogP contribution in [0.1, 0.15) is 33.6 Å². The normalized spacial score (nSPS) is 30.4. The third kappa shape index (κ3) is 4.09. The molecule has 0 amide bonds. The molecule has 0 bridgehead atoms. The van der Waals surface area contributed by atoms with Crippen molar-refractivity contribution in [1.82, 2.24) is 4.90 Å². The van der Waals surface area contributed by atoms with Crippen LogP contribution in [-0.2, 0) is 4.74 Å². The van der Waals surface area contributed by atoms with E-state index in [1.165, 1.54) is 12.8 Å². The molecule has 0 aromatic carbocycles. The summed E-state index contributed by atoms with van der Waals surface area (Å²) in [4.78, 5) is 2.39. The van der Waals surface area contributed by atoms with Crippen LogP contribution in [0.4, 0.5) is 0 Å². The predicted molar refractivity (Wildman–Crippen MR) is 61.9 cm³/mol. The number of aliphatic hydroxyl groups is 1. The van der Waals surface area contributed by atoms with Gasteiger partial charge in [0.25, 0.3) is 0 Å². The lowest BCUT2D eigenvalue weighted by Crippen LogP contribution is -2.46. The Hall–Kier alpha value is -0.120. The fourth-order valence-electron chi connectivity index (χ4n) is 2.26. The highest BCUT2D eigenvalue weighted by Gasteiger charge is 2.25. The molecule has 3 atom stereocenters. The Morgan fingerprint density at radius 1 is 1.47 bits per heavy atom. The first-order valence-electron chi connectivity index (χ1n) is 6.15. The van der Waals surface area contributed by atoms with E-state index in [0.29, 0.717) is 19.3 Å². The molecule has 0 spiro atoms. The first kappa shape index (κ1) is 12.9. The molecule has 1 N–H and O–H groups in total. The maximum Gasteiger partial charge on any atom is 0.0900 e. The van der Waals surface area contributed by atoms with Crippen molar-refractivity contribution < 1.29 is 9.84 Å². The molecule has 1 aliphatic heterocycles. The van der Waals surface area contributed by atoms with Crippen molar-refractivity contribution in [3.63, 3.8) is 0 Å². The topological polar surface area (TPSA) is 32.7 Å². The summed E-state index contributed by atoms with van der Waals surface area (Å²) in [5, 5.41) is 9.77. The number of likely N-dealkylation sites (tertiary alicyclic amines) is 1. The number of hydrogen-bond acceptors (Lipinski definition) is 3. The molecule has 0 aliphatic carbocycles. The van der Waals surface area contributed by atoms with Crippen LogP contribution in [0, 0.1) is 5.92 Å². The minimum Gasteiger partial charge on any atom is -0.389 e. The molecule has 0 radical (unpaired) electrons. The summed E-state index contributed by atoms with van der Waals surface area (Å²) in [6.07, 6.45) is 2.24. The standard InChI is InChI=1S/C12H25NO2/c1-4-15-9-12(14)8-13-7-5-6-10(2)11(13)3/h10-12,14H,4-9H2,1-3H3. The van der Waals surface area contributed by atoms with Crippen LogP contribution < -0.4 is 0 Å². The second-order valence-electron chi connectivity index (χ2n) is 4.67. The molecule has 3 heteroatoms. The van der Waals surface area contributed by atoms with Crippen molar-refractivity contribution in [3.05, 3.63) is 0 Å². The Balaban J connectivity index is 2.29. The molecule has 0 aromatic heterocycles. The molecular weight excluding hydrogens is 190 g/mol. The van der Waals surface area contributed by atoms with Crippen LogP contribution in [0.15, 0.2) is 0 Å². The second-order valence-corrected chi connectivity index (χ2v) is 4.67. The van der Waals surface area contributed by atoms with Crippen molar-refractivity contribution in [3.8, 4) is 0 Å². The molecule has 1 saturated heterocycles. The Bertz CT molecular complexity index is 175. The monoisotopic (exact) mass is 215 g/mol. The minimum atomic E-state index is -0.335. The van der Waals surface area contributed by atoms with E-state index in [1.54, 1.807) is 0 Å². The SMILES string of the molecule is CCOCC(O)CN1CCCC(C)C1C. The summed E-state index contributed by atoms with van der Waals surface area (Å²) in [5.74, 6) is 0.748. The van der Waals surface area contributed by atoms with Gasteiger partial charge in [-0.15, -0.1) is 0 Å². The van der Waals surface area contributed by atoms with Crippen LogP contribution in [0.5, 0.6) is 0 Å². The van der Waals surface area contributed by atoms with Gasteiger partial charge in [0, 0.05) is 19.2 Å². The van der Waals surface area contributed by atoms with Gasteiger partial charge in [-0.2, -0.15) is 0 Å². The summed E-state index contributed by atoms with van der Waals surface area (Å²) >= 11 is 0. The number of hydrogen-bond donors (Lipinski definition) is 1. The Morgan fingerprint density at radius 3 is 2.87 bits per heavy atom. The molecule has 3 nitrogen and oxygen atoms in total. The highest BCUT2D eigenvalue weighted by molar-refractivity contribution is 4.80. The number of rotatable bonds is 5. The van der Waals surface area contributed by atoms with Crippen molar-refractivity contribution in [1.29, 1.82) is 0 Å². The van der Waals surface area contributed by atoms with Gasteiger partial charge in [-0.05, 0) is 39.2 Å². The van der Waals surface area contributed by atoms with Gasteiger partial charge < -0.3 is 9.84 Å². The van der Waals surface area contributed by atoms with Crippen molar-refractivity contribution in [2.45, 2.75) is 45.8 Å². The largest absolute Gasteiger partial charge is 0.389 e. The minimum absolute atomic E-state index is 0.335. The van der Waals surface area contributed by atoms with E-state index in [0.717, 1.165) is 19.0 Å². The van der Waals surface area contributed by atoms with Gasteiger partial charge in [0.1, 0.15) is 0 Å². The van der Waals surface area contributed by atoms with Crippen molar-refractivity contribution in [2.24, 2.45) is 5.92 Å². The van der Waals surface area contributed by atoms with Gasteiger partial charge in [0.2, 0.25) is 0 Å². The second kappa shape index (κ2) is 6.46.